The van der Waals surface area contributed by atoms with Crippen LogP contribution in [0.1, 0.15) is 78.4 Å². The van der Waals surface area contributed by atoms with Gasteiger partial charge in [-0.1, -0.05) is 32.9 Å². The number of aromatic nitrogens is 2. The van der Waals surface area contributed by atoms with Crippen molar-refractivity contribution in [1.29, 1.82) is 0 Å². The quantitative estimate of drug-likeness (QED) is 0.518. The summed E-state index contributed by atoms with van der Waals surface area (Å²) in [7, 11) is 0. The Balaban J connectivity index is 1.20. The van der Waals surface area contributed by atoms with Crippen molar-refractivity contribution in [3.8, 4) is 0 Å². The summed E-state index contributed by atoms with van der Waals surface area (Å²) < 4.78 is 1.75. The molecule has 2 N–H and O–H groups in total. The van der Waals surface area contributed by atoms with Crippen molar-refractivity contribution in [2.75, 3.05) is 0 Å². The summed E-state index contributed by atoms with van der Waals surface area (Å²) >= 11 is 1.52. The van der Waals surface area contributed by atoms with E-state index in [-0.39, 0.29) is 35.3 Å². The molecule has 5 rings (SSSR count). The Labute approximate surface area is 208 Å². The Morgan fingerprint density at radius 3 is 2.66 bits per heavy atom. The molecule has 184 valence electrons. The Morgan fingerprint density at radius 1 is 1.14 bits per heavy atom. The van der Waals surface area contributed by atoms with Crippen LogP contribution in [0.5, 0.6) is 0 Å². The average molecular weight is 493 g/mol. The molecule has 2 aromatic heterocycles. The van der Waals surface area contributed by atoms with Gasteiger partial charge in [0.2, 0.25) is 5.91 Å². The largest absolute Gasteiger partial charge is 0.293 e. The van der Waals surface area contributed by atoms with E-state index in [1.54, 1.807) is 10.6 Å². The van der Waals surface area contributed by atoms with Gasteiger partial charge < -0.3 is 0 Å². The van der Waals surface area contributed by atoms with E-state index in [1.165, 1.54) is 21.8 Å². The van der Waals surface area contributed by atoms with Crippen molar-refractivity contribution in [1.82, 2.24) is 20.4 Å². The van der Waals surface area contributed by atoms with Crippen molar-refractivity contribution in [2.24, 2.45) is 11.3 Å². The lowest BCUT2D eigenvalue weighted by molar-refractivity contribution is -0.121. The Kier molecular flexibility index (Phi) is 6.25. The van der Waals surface area contributed by atoms with Crippen LogP contribution < -0.4 is 16.4 Å². The zero-order valence-corrected chi connectivity index (χ0v) is 21.3. The number of thiophene rings is 1. The highest BCUT2D eigenvalue weighted by atomic mass is 32.1. The van der Waals surface area contributed by atoms with Crippen LogP contribution in [0.25, 0.3) is 10.9 Å². The first kappa shape index (κ1) is 23.7. The maximum Gasteiger partial charge on any atom is 0.279 e. The van der Waals surface area contributed by atoms with Gasteiger partial charge >= 0.3 is 0 Å². The highest BCUT2D eigenvalue weighted by Gasteiger charge is 2.31. The molecular formula is C27H32N4O3S. The van der Waals surface area contributed by atoms with Gasteiger partial charge in [0.25, 0.3) is 11.5 Å². The van der Waals surface area contributed by atoms with Crippen molar-refractivity contribution >= 4 is 34.1 Å². The standard InChI is InChI=1S/C27H32N4O3S/c1-27(2,3)17-8-11-21-16(14-17)15-22(35-21)25(33)30-29-24(32)13-12-23-28-20-7-5-4-6-19(20)26(34)31(23)18-9-10-18/h4-7,15,17-18H,8-14H2,1-3H3,(H,29,32)(H,30,33). The Morgan fingerprint density at radius 2 is 1.91 bits per heavy atom. The van der Waals surface area contributed by atoms with Crippen LogP contribution in [0.2, 0.25) is 0 Å². The molecular weight excluding hydrogens is 460 g/mol. The number of rotatable bonds is 5. The van der Waals surface area contributed by atoms with Gasteiger partial charge in [0, 0.05) is 23.8 Å². The fourth-order valence-electron chi connectivity index (χ4n) is 4.93. The van der Waals surface area contributed by atoms with Gasteiger partial charge in [-0.05, 0) is 67.2 Å². The Bertz CT molecular complexity index is 1350. The lowest BCUT2D eigenvalue weighted by Gasteiger charge is -2.33. The van der Waals surface area contributed by atoms with Crippen LogP contribution in [-0.2, 0) is 24.1 Å². The number of carbonyl (C=O) groups excluding carboxylic acids is 2. The zero-order valence-electron chi connectivity index (χ0n) is 20.5. The fraction of sp³-hybridized carbons (Fsp3) is 0.481. The summed E-state index contributed by atoms with van der Waals surface area (Å²) in [4.78, 5) is 44.7. The summed E-state index contributed by atoms with van der Waals surface area (Å²) in [5, 5.41) is 0.604. The summed E-state index contributed by atoms with van der Waals surface area (Å²) in [5.74, 6) is 0.634. The molecule has 7 nitrogen and oxygen atoms in total. The number of hydrogen-bond donors (Lipinski definition) is 2. The lowest BCUT2D eigenvalue weighted by atomic mass is 9.72. The molecule has 1 aromatic carbocycles. The summed E-state index contributed by atoms with van der Waals surface area (Å²) in [6.45, 7) is 6.82. The van der Waals surface area contributed by atoms with Gasteiger partial charge in [-0.3, -0.25) is 29.8 Å². The number of aryl methyl sites for hydroxylation is 2. The summed E-state index contributed by atoms with van der Waals surface area (Å²) in [6, 6.07) is 9.45. The van der Waals surface area contributed by atoms with Crippen molar-refractivity contribution < 1.29 is 9.59 Å². The number of amides is 2. The van der Waals surface area contributed by atoms with Gasteiger partial charge in [0.1, 0.15) is 5.82 Å². The topological polar surface area (TPSA) is 93.1 Å². The molecule has 35 heavy (non-hydrogen) atoms. The van der Waals surface area contributed by atoms with E-state index in [1.807, 2.05) is 24.3 Å². The normalized spacial score (nSPS) is 17.7. The molecule has 8 heteroatoms. The third kappa shape index (κ3) is 5.03. The third-order valence-corrected chi connectivity index (χ3v) is 8.45. The molecule has 1 atom stereocenters. The first-order valence-electron chi connectivity index (χ1n) is 12.4. The summed E-state index contributed by atoms with van der Waals surface area (Å²) in [5.41, 5.74) is 7.21. The molecule has 0 saturated heterocycles. The molecule has 2 aliphatic rings. The zero-order chi connectivity index (χ0) is 24.7. The molecule has 1 fully saturated rings. The average Bonchev–Trinajstić information content (AvgIpc) is 3.57. The molecule has 0 radical (unpaired) electrons. The van der Waals surface area contributed by atoms with Crippen molar-refractivity contribution in [3.05, 3.63) is 61.8 Å². The van der Waals surface area contributed by atoms with Gasteiger partial charge in [-0.25, -0.2) is 4.98 Å². The molecule has 3 aromatic rings. The van der Waals surface area contributed by atoms with E-state index in [0.29, 0.717) is 33.9 Å². The van der Waals surface area contributed by atoms with Crippen LogP contribution in [0.15, 0.2) is 35.1 Å². The molecule has 1 unspecified atom stereocenters. The Hall–Kier alpha value is -3.00. The van der Waals surface area contributed by atoms with Gasteiger partial charge in [-0.15, -0.1) is 11.3 Å². The molecule has 2 amide bonds. The number of hydrogen-bond acceptors (Lipinski definition) is 5. The highest BCUT2D eigenvalue weighted by Crippen LogP contribution is 2.40. The van der Waals surface area contributed by atoms with Gasteiger partial charge in [-0.2, -0.15) is 0 Å². The fourth-order valence-corrected chi connectivity index (χ4v) is 6.03. The van der Waals surface area contributed by atoms with Crippen LogP contribution in [0.3, 0.4) is 0 Å². The molecule has 0 spiro atoms. The number of benzene rings is 1. The van der Waals surface area contributed by atoms with E-state index < -0.39 is 0 Å². The van der Waals surface area contributed by atoms with Crippen molar-refractivity contribution in [2.45, 2.75) is 71.8 Å². The van der Waals surface area contributed by atoms with E-state index >= 15 is 0 Å². The molecule has 2 aliphatic carbocycles. The number of carbonyl (C=O) groups is 2. The minimum absolute atomic E-state index is 0.0443. The molecule has 1 saturated carbocycles. The molecule has 0 aliphatic heterocycles. The minimum atomic E-state index is -0.308. The van der Waals surface area contributed by atoms with E-state index in [4.69, 9.17) is 0 Å². The second kappa shape index (κ2) is 9.22. The number of nitrogens with one attached hydrogen (secondary N) is 2. The summed E-state index contributed by atoms with van der Waals surface area (Å²) in [6.07, 6.45) is 5.52. The van der Waals surface area contributed by atoms with Gasteiger partial charge in [0.15, 0.2) is 0 Å². The maximum absolute atomic E-state index is 13.0. The van der Waals surface area contributed by atoms with Crippen LogP contribution >= 0.6 is 11.3 Å². The predicted octanol–water partition coefficient (Wildman–Crippen LogP) is 4.34. The predicted molar refractivity (Wildman–Crippen MR) is 137 cm³/mol. The number of nitrogens with zero attached hydrogens (tertiary/aromatic N) is 2. The lowest BCUT2D eigenvalue weighted by Crippen LogP contribution is -2.41. The monoisotopic (exact) mass is 492 g/mol. The van der Waals surface area contributed by atoms with Crippen LogP contribution in [0.4, 0.5) is 0 Å². The number of para-hydroxylation sites is 1. The first-order chi connectivity index (χ1) is 16.7. The third-order valence-electron chi connectivity index (χ3n) is 7.22. The van der Waals surface area contributed by atoms with Crippen LogP contribution in [-0.4, -0.2) is 21.4 Å². The van der Waals surface area contributed by atoms with E-state index in [9.17, 15) is 14.4 Å². The highest BCUT2D eigenvalue weighted by molar-refractivity contribution is 7.14. The molecule has 2 heterocycles. The van der Waals surface area contributed by atoms with Crippen molar-refractivity contribution in [3.63, 3.8) is 0 Å². The smallest absolute Gasteiger partial charge is 0.279 e. The maximum atomic E-state index is 13.0. The minimum Gasteiger partial charge on any atom is -0.293 e. The first-order valence-corrected chi connectivity index (χ1v) is 13.2. The number of hydrazine groups is 1. The second-order valence-corrected chi connectivity index (χ2v) is 12.0. The molecule has 0 bridgehead atoms. The van der Waals surface area contributed by atoms with Crippen LogP contribution in [0, 0.1) is 11.3 Å². The van der Waals surface area contributed by atoms with Gasteiger partial charge in [0.05, 0.1) is 15.8 Å². The number of fused-ring (bicyclic) bond motifs is 2. The SMILES string of the molecule is CC(C)(C)C1CCc2sc(C(=O)NNC(=O)CCc3nc4ccccc4c(=O)n3C3CC3)cc2C1. The van der Waals surface area contributed by atoms with E-state index in [2.05, 4.69) is 36.6 Å². The second-order valence-electron chi connectivity index (χ2n) is 10.8. The van der Waals surface area contributed by atoms with E-state index in [0.717, 1.165) is 32.1 Å².